The highest BCUT2D eigenvalue weighted by molar-refractivity contribution is 5.93. The molecule has 0 fully saturated rings. The van der Waals surface area contributed by atoms with Gasteiger partial charge >= 0.3 is 0 Å². The van der Waals surface area contributed by atoms with Crippen molar-refractivity contribution in [3.63, 3.8) is 0 Å². The molecule has 1 amide bonds. The molecule has 2 aromatic rings. The Kier molecular flexibility index (Phi) is 11.3. The van der Waals surface area contributed by atoms with Gasteiger partial charge in [0.2, 0.25) is 0 Å². The zero-order valence-electron chi connectivity index (χ0n) is 24.8. The molecule has 0 spiro atoms. The fourth-order valence-electron chi connectivity index (χ4n) is 5.08. The molecular formula is C31H51N3O3. The van der Waals surface area contributed by atoms with Gasteiger partial charge in [0.15, 0.2) is 0 Å². The number of aliphatic hydroxyl groups excluding tert-OH is 1. The van der Waals surface area contributed by atoms with E-state index in [0.29, 0.717) is 6.54 Å². The lowest BCUT2D eigenvalue weighted by molar-refractivity contribution is 0.0216. The van der Waals surface area contributed by atoms with Gasteiger partial charge in [0.25, 0.3) is 5.91 Å². The molecule has 1 heterocycles. The van der Waals surface area contributed by atoms with E-state index in [4.69, 9.17) is 4.74 Å². The van der Waals surface area contributed by atoms with E-state index < -0.39 is 6.10 Å². The minimum atomic E-state index is -0.540. The molecule has 1 unspecified atom stereocenters. The fourth-order valence-corrected chi connectivity index (χ4v) is 5.08. The molecule has 208 valence electrons. The predicted molar refractivity (Wildman–Crippen MR) is 154 cm³/mol. The molecule has 1 aromatic heterocycles. The second-order valence-corrected chi connectivity index (χ2v) is 11.1. The first kappa shape index (κ1) is 30.9. The molecule has 6 heteroatoms. The van der Waals surface area contributed by atoms with Gasteiger partial charge in [0, 0.05) is 30.7 Å². The number of carbonyl (C=O) groups is 1. The van der Waals surface area contributed by atoms with Crippen molar-refractivity contribution in [2.24, 2.45) is 5.41 Å². The Morgan fingerprint density at radius 1 is 1.05 bits per heavy atom. The monoisotopic (exact) mass is 513 g/mol. The molecule has 0 aliphatic carbocycles. The van der Waals surface area contributed by atoms with E-state index in [9.17, 15) is 9.90 Å². The summed E-state index contributed by atoms with van der Waals surface area (Å²) in [6, 6.07) is 10.5. The normalized spacial score (nSPS) is 13.2. The molecule has 0 aliphatic rings. The zero-order chi connectivity index (χ0) is 27.8. The van der Waals surface area contributed by atoms with Gasteiger partial charge in [-0.3, -0.25) is 4.79 Å². The summed E-state index contributed by atoms with van der Waals surface area (Å²) in [7, 11) is 0. The Labute approximate surface area is 225 Å². The Morgan fingerprint density at radius 3 is 2.22 bits per heavy atom. The number of hydrogen-bond donors (Lipinski definition) is 2. The number of rotatable bonds is 14. The summed E-state index contributed by atoms with van der Waals surface area (Å²) < 4.78 is 8.18. The van der Waals surface area contributed by atoms with Crippen LogP contribution < -0.4 is 10.1 Å². The van der Waals surface area contributed by atoms with Crippen LogP contribution in [0.3, 0.4) is 0 Å². The van der Waals surface area contributed by atoms with Gasteiger partial charge in [-0.2, -0.15) is 0 Å². The van der Waals surface area contributed by atoms with Gasteiger partial charge in [-0.25, -0.2) is 0 Å². The molecule has 0 bridgehead atoms. The van der Waals surface area contributed by atoms with Gasteiger partial charge in [-0.05, 0) is 74.5 Å². The van der Waals surface area contributed by atoms with E-state index in [1.807, 2.05) is 32.9 Å². The van der Waals surface area contributed by atoms with Crippen LogP contribution >= 0.6 is 0 Å². The SMILES string of the molecule is CCN(CC)CCNC(=O)c1ccc(C(CC)(CC)c2ccc(OCC(O)C(C)(C)C)c(C)c2)n1CC. The first-order chi connectivity index (χ1) is 17.5. The number of nitrogens with one attached hydrogen (secondary N) is 1. The van der Waals surface area contributed by atoms with Crippen LogP contribution in [0.25, 0.3) is 0 Å². The molecule has 0 radical (unpaired) electrons. The average molecular weight is 514 g/mol. The third-order valence-corrected chi connectivity index (χ3v) is 7.96. The van der Waals surface area contributed by atoms with Crippen LogP contribution in [0.1, 0.15) is 95.5 Å². The summed E-state index contributed by atoms with van der Waals surface area (Å²) >= 11 is 0. The molecule has 1 atom stereocenters. The van der Waals surface area contributed by atoms with Gasteiger partial charge in [0.1, 0.15) is 18.1 Å². The topological polar surface area (TPSA) is 66.7 Å². The second-order valence-electron chi connectivity index (χ2n) is 11.1. The number of amides is 1. The molecule has 0 saturated heterocycles. The summed E-state index contributed by atoms with van der Waals surface area (Å²) in [6.45, 7) is 23.4. The molecule has 0 aliphatic heterocycles. The van der Waals surface area contributed by atoms with Crippen LogP contribution in [0.5, 0.6) is 5.75 Å². The first-order valence-electron chi connectivity index (χ1n) is 14.1. The van der Waals surface area contributed by atoms with Crippen LogP contribution in [-0.4, -0.2) is 59.4 Å². The molecule has 37 heavy (non-hydrogen) atoms. The maximum absolute atomic E-state index is 13.1. The van der Waals surface area contributed by atoms with Gasteiger partial charge < -0.3 is 24.6 Å². The maximum Gasteiger partial charge on any atom is 0.267 e. The van der Waals surface area contributed by atoms with Crippen LogP contribution in [0.15, 0.2) is 30.3 Å². The molecule has 2 rings (SSSR count). The minimum Gasteiger partial charge on any atom is -0.491 e. The maximum atomic E-state index is 13.1. The zero-order valence-corrected chi connectivity index (χ0v) is 24.8. The third-order valence-electron chi connectivity index (χ3n) is 7.96. The minimum absolute atomic E-state index is 0.0151. The number of aliphatic hydroxyl groups is 1. The van der Waals surface area contributed by atoms with Crippen molar-refractivity contribution in [3.8, 4) is 5.75 Å². The Morgan fingerprint density at radius 2 is 1.70 bits per heavy atom. The molecule has 0 saturated carbocycles. The number of aromatic nitrogens is 1. The van der Waals surface area contributed by atoms with Crippen molar-refractivity contribution >= 4 is 5.91 Å². The lowest BCUT2D eigenvalue weighted by Crippen LogP contribution is -2.36. The largest absolute Gasteiger partial charge is 0.491 e. The number of carbonyl (C=O) groups excluding carboxylic acids is 1. The van der Waals surface area contributed by atoms with Crippen molar-refractivity contribution in [2.75, 3.05) is 32.8 Å². The van der Waals surface area contributed by atoms with E-state index in [1.54, 1.807) is 0 Å². The van der Waals surface area contributed by atoms with Crippen LogP contribution in [0.2, 0.25) is 0 Å². The van der Waals surface area contributed by atoms with Gasteiger partial charge in [-0.1, -0.05) is 60.6 Å². The van der Waals surface area contributed by atoms with E-state index in [1.165, 1.54) is 11.3 Å². The Bertz CT molecular complexity index is 998. The number of hydrogen-bond acceptors (Lipinski definition) is 4. The van der Waals surface area contributed by atoms with Crippen LogP contribution in [0, 0.1) is 12.3 Å². The van der Waals surface area contributed by atoms with Crippen molar-refractivity contribution in [1.29, 1.82) is 0 Å². The van der Waals surface area contributed by atoms with E-state index in [2.05, 4.69) is 74.5 Å². The quantitative estimate of drug-likeness (QED) is 0.336. The van der Waals surface area contributed by atoms with Crippen molar-refractivity contribution < 1.29 is 14.6 Å². The lowest BCUT2D eigenvalue weighted by Gasteiger charge is -2.35. The van der Waals surface area contributed by atoms with Crippen molar-refractivity contribution in [3.05, 3.63) is 52.8 Å². The molecule has 6 nitrogen and oxygen atoms in total. The van der Waals surface area contributed by atoms with E-state index in [-0.39, 0.29) is 23.3 Å². The highest BCUT2D eigenvalue weighted by atomic mass is 16.5. The van der Waals surface area contributed by atoms with Crippen molar-refractivity contribution in [1.82, 2.24) is 14.8 Å². The smallest absolute Gasteiger partial charge is 0.267 e. The Balaban J connectivity index is 2.34. The average Bonchev–Trinajstić information content (AvgIpc) is 3.31. The summed E-state index contributed by atoms with van der Waals surface area (Å²) in [5.41, 5.74) is 3.72. The summed E-state index contributed by atoms with van der Waals surface area (Å²) in [6.07, 6.45) is 1.29. The third kappa shape index (κ3) is 7.17. The second kappa shape index (κ2) is 13.5. The first-order valence-corrected chi connectivity index (χ1v) is 14.1. The predicted octanol–water partition coefficient (Wildman–Crippen LogP) is 5.78. The van der Waals surface area contributed by atoms with Crippen LogP contribution in [0.4, 0.5) is 0 Å². The number of likely N-dealkylation sites (N-methyl/N-ethyl adjacent to an activating group) is 1. The highest BCUT2D eigenvalue weighted by Crippen LogP contribution is 2.41. The number of benzene rings is 1. The molecular weight excluding hydrogens is 462 g/mol. The molecule has 1 aromatic carbocycles. The Hall–Kier alpha value is -2.31. The highest BCUT2D eigenvalue weighted by Gasteiger charge is 2.35. The van der Waals surface area contributed by atoms with Crippen molar-refractivity contribution in [2.45, 2.75) is 93.2 Å². The summed E-state index contributed by atoms with van der Waals surface area (Å²) in [5.74, 6) is 0.783. The molecule has 2 N–H and O–H groups in total. The number of ether oxygens (including phenoxy) is 1. The van der Waals surface area contributed by atoms with E-state index >= 15 is 0 Å². The summed E-state index contributed by atoms with van der Waals surface area (Å²) in [4.78, 5) is 15.5. The fraction of sp³-hybridized carbons (Fsp3) is 0.645. The van der Waals surface area contributed by atoms with E-state index in [0.717, 1.165) is 56.0 Å². The van der Waals surface area contributed by atoms with Gasteiger partial charge in [-0.15, -0.1) is 0 Å². The number of nitrogens with zero attached hydrogens (tertiary/aromatic N) is 2. The van der Waals surface area contributed by atoms with Crippen LogP contribution in [-0.2, 0) is 12.0 Å². The standard InChI is InChI=1S/C31H51N3O3/c1-10-31(11-2,24-15-17-26(23(6)21-24)37-22-28(35)30(7,8)9)27-18-16-25(34(27)14-5)29(36)32-19-20-33(12-3)13-4/h15-18,21,28,35H,10-14,19-20,22H2,1-9H3,(H,32,36). The summed E-state index contributed by atoms with van der Waals surface area (Å²) in [5, 5.41) is 13.5. The lowest BCUT2D eigenvalue weighted by atomic mass is 9.72. The van der Waals surface area contributed by atoms with Gasteiger partial charge in [0.05, 0.1) is 6.10 Å². The number of aryl methyl sites for hydroxylation is 1.